The zero-order valence-electron chi connectivity index (χ0n) is 13.1. The van der Waals surface area contributed by atoms with Crippen LogP contribution in [0.4, 0.5) is 0 Å². The van der Waals surface area contributed by atoms with Crippen LogP contribution in [-0.2, 0) is 4.79 Å². The van der Waals surface area contributed by atoms with Gasteiger partial charge in [0.05, 0.1) is 10.0 Å². The number of carbonyl (C=O) groups excluding carboxylic acids is 1. The minimum absolute atomic E-state index is 0.137. The largest absolute Gasteiger partial charge is 0.481 e. The van der Waals surface area contributed by atoms with Gasteiger partial charge >= 0.3 is 0 Å². The van der Waals surface area contributed by atoms with Gasteiger partial charge in [0.25, 0.3) is 5.91 Å². The number of benzene rings is 1. The van der Waals surface area contributed by atoms with E-state index < -0.39 is 6.10 Å². The van der Waals surface area contributed by atoms with Crippen molar-refractivity contribution in [2.45, 2.75) is 44.9 Å². The number of halogens is 2. The molecule has 1 aliphatic carbocycles. The van der Waals surface area contributed by atoms with Crippen LogP contribution in [0.3, 0.4) is 0 Å². The maximum Gasteiger partial charge on any atom is 0.260 e. The van der Waals surface area contributed by atoms with Crippen molar-refractivity contribution in [2.75, 3.05) is 13.6 Å². The quantitative estimate of drug-likeness (QED) is 0.824. The van der Waals surface area contributed by atoms with E-state index >= 15 is 0 Å². The normalized spacial score (nSPS) is 17.2. The van der Waals surface area contributed by atoms with Crippen LogP contribution < -0.4 is 10.1 Å². The van der Waals surface area contributed by atoms with Gasteiger partial charge in [0.15, 0.2) is 6.10 Å². The van der Waals surface area contributed by atoms with Crippen LogP contribution >= 0.6 is 23.2 Å². The van der Waals surface area contributed by atoms with Crippen LogP contribution in [0.25, 0.3) is 0 Å². The standard InChI is InChI=1S/C16H22Cl2N2O2/c1-10(20(3)12-4-5-12)9-19-16(21)11(2)22-13-6-7-14(17)15(18)8-13/h6-8,10-12H,4-5,9H2,1-3H3,(H,19,21). The fourth-order valence-corrected chi connectivity index (χ4v) is 2.47. The van der Waals surface area contributed by atoms with E-state index in [0.717, 1.165) is 0 Å². The summed E-state index contributed by atoms with van der Waals surface area (Å²) >= 11 is 11.8. The average Bonchev–Trinajstić information content (AvgIpc) is 3.32. The van der Waals surface area contributed by atoms with Crippen LogP contribution in [0.1, 0.15) is 26.7 Å². The monoisotopic (exact) mass is 344 g/mol. The highest BCUT2D eigenvalue weighted by Crippen LogP contribution is 2.27. The lowest BCUT2D eigenvalue weighted by Gasteiger charge is -2.25. The molecule has 1 saturated carbocycles. The van der Waals surface area contributed by atoms with Crippen LogP contribution in [0.5, 0.6) is 5.75 Å². The maximum atomic E-state index is 12.1. The SMILES string of the molecule is CC(Oc1ccc(Cl)c(Cl)c1)C(=O)NCC(C)N(C)C1CC1. The van der Waals surface area contributed by atoms with Gasteiger partial charge in [0.2, 0.25) is 0 Å². The Morgan fingerprint density at radius 1 is 1.36 bits per heavy atom. The lowest BCUT2D eigenvalue weighted by atomic mass is 10.2. The Bertz CT molecular complexity index is 535. The van der Waals surface area contributed by atoms with Crippen molar-refractivity contribution < 1.29 is 9.53 Å². The molecule has 1 aromatic carbocycles. The summed E-state index contributed by atoms with van der Waals surface area (Å²) in [5.41, 5.74) is 0. The highest BCUT2D eigenvalue weighted by Gasteiger charge is 2.29. The summed E-state index contributed by atoms with van der Waals surface area (Å²) in [7, 11) is 2.10. The molecule has 122 valence electrons. The molecule has 2 rings (SSSR count). The first-order valence-electron chi connectivity index (χ1n) is 7.50. The average molecular weight is 345 g/mol. The second-order valence-corrected chi connectivity index (χ2v) is 6.64. The van der Waals surface area contributed by atoms with Gasteiger partial charge in [-0.15, -0.1) is 0 Å². The van der Waals surface area contributed by atoms with Gasteiger partial charge in [-0.2, -0.15) is 0 Å². The molecule has 1 aliphatic rings. The van der Waals surface area contributed by atoms with Gasteiger partial charge in [-0.25, -0.2) is 0 Å². The first-order chi connectivity index (χ1) is 10.4. The van der Waals surface area contributed by atoms with E-state index in [4.69, 9.17) is 27.9 Å². The van der Waals surface area contributed by atoms with E-state index in [-0.39, 0.29) is 5.91 Å². The molecule has 22 heavy (non-hydrogen) atoms. The number of carbonyl (C=O) groups is 1. The Balaban J connectivity index is 1.79. The minimum atomic E-state index is -0.587. The highest BCUT2D eigenvalue weighted by molar-refractivity contribution is 6.42. The molecule has 1 fully saturated rings. The summed E-state index contributed by atoms with van der Waals surface area (Å²) < 4.78 is 5.60. The molecule has 6 heteroatoms. The van der Waals surface area contributed by atoms with Crippen LogP contribution in [0, 0.1) is 0 Å². The second kappa shape index (κ2) is 7.53. The number of likely N-dealkylation sites (N-methyl/N-ethyl adjacent to an activating group) is 1. The number of ether oxygens (including phenoxy) is 1. The molecule has 0 saturated heterocycles. The fourth-order valence-electron chi connectivity index (χ4n) is 2.19. The molecule has 2 unspecified atom stereocenters. The molecule has 4 nitrogen and oxygen atoms in total. The maximum absolute atomic E-state index is 12.1. The summed E-state index contributed by atoms with van der Waals surface area (Å²) in [5.74, 6) is 0.391. The van der Waals surface area contributed by atoms with E-state index in [1.807, 2.05) is 0 Å². The van der Waals surface area contributed by atoms with Crippen LogP contribution in [0.15, 0.2) is 18.2 Å². The smallest absolute Gasteiger partial charge is 0.260 e. The second-order valence-electron chi connectivity index (χ2n) is 5.83. The summed E-state index contributed by atoms with van der Waals surface area (Å²) in [6, 6.07) is 5.94. The van der Waals surface area contributed by atoms with E-state index in [1.165, 1.54) is 12.8 Å². The summed E-state index contributed by atoms with van der Waals surface area (Å²) in [4.78, 5) is 14.4. The van der Waals surface area contributed by atoms with Gasteiger partial charge in [-0.3, -0.25) is 9.69 Å². The third-order valence-electron chi connectivity index (χ3n) is 3.96. The number of nitrogens with one attached hydrogen (secondary N) is 1. The number of nitrogens with zero attached hydrogens (tertiary/aromatic N) is 1. The van der Waals surface area contributed by atoms with Crippen molar-refractivity contribution in [3.8, 4) is 5.75 Å². The number of amides is 1. The minimum Gasteiger partial charge on any atom is -0.481 e. The predicted octanol–water partition coefficient (Wildman–Crippen LogP) is 3.36. The zero-order valence-corrected chi connectivity index (χ0v) is 14.6. The van der Waals surface area contributed by atoms with Crippen molar-refractivity contribution >= 4 is 29.1 Å². The lowest BCUT2D eigenvalue weighted by molar-refractivity contribution is -0.127. The molecular formula is C16H22Cl2N2O2. The Morgan fingerprint density at radius 3 is 2.64 bits per heavy atom. The number of hydrogen-bond acceptors (Lipinski definition) is 3. The Hall–Kier alpha value is -0.970. The van der Waals surface area contributed by atoms with Crippen molar-refractivity contribution in [1.29, 1.82) is 0 Å². The molecule has 1 amide bonds. The Morgan fingerprint density at radius 2 is 2.05 bits per heavy atom. The highest BCUT2D eigenvalue weighted by atomic mass is 35.5. The lowest BCUT2D eigenvalue weighted by Crippen LogP contribution is -2.44. The molecule has 1 aromatic rings. The molecule has 0 bridgehead atoms. The molecule has 1 N–H and O–H groups in total. The van der Waals surface area contributed by atoms with Crippen molar-refractivity contribution in [3.05, 3.63) is 28.2 Å². The summed E-state index contributed by atoms with van der Waals surface area (Å²) in [5, 5.41) is 3.80. The van der Waals surface area contributed by atoms with Gasteiger partial charge in [-0.1, -0.05) is 23.2 Å². The third-order valence-corrected chi connectivity index (χ3v) is 4.70. The molecule has 0 aromatic heterocycles. The van der Waals surface area contributed by atoms with Crippen LogP contribution in [-0.4, -0.2) is 42.6 Å². The Kier molecular flexibility index (Phi) is 5.95. The van der Waals surface area contributed by atoms with Crippen molar-refractivity contribution in [1.82, 2.24) is 10.2 Å². The molecule has 0 radical (unpaired) electrons. The van der Waals surface area contributed by atoms with Gasteiger partial charge in [-0.05, 0) is 45.9 Å². The molecule has 0 heterocycles. The molecular weight excluding hydrogens is 323 g/mol. The van der Waals surface area contributed by atoms with E-state index in [0.29, 0.717) is 34.4 Å². The summed E-state index contributed by atoms with van der Waals surface area (Å²) in [6.45, 7) is 4.44. The number of rotatable bonds is 7. The van der Waals surface area contributed by atoms with Gasteiger partial charge < -0.3 is 10.1 Å². The zero-order chi connectivity index (χ0) is 16.3. The molecule has 0 aliphatic heterocycles. The first-order valence-corrected chi connectivity index (χ1v) is 8.25. The fraction of sp³-hybridized carbons (Fsp3) is 0.562. The first kappa shape index (κ1) is 17.4. The van der Waals surface area contributed by atoms with Gasteiger partial charge in [0.1, 0.15) is 5.75 Å². The Labute approximate surface area is 141 Å². The van der Waals surface area contributed by atoms with Crippen LogP contribution in [0.2, 0.25) is 10.0 Å². The molecule has 2 atom stereocenters. The summed E-state index contributed by atoms with van der Waals surface area (Å²) in [6.07, 6.45) is 1.92. The van der Waals surface area contributed by atoms with Gasteiger partial charge in [0, 0.05) is 24.7 Å². The van der Waals surface area contributed by atoms with Crippen molar-refractivity contribution in [2.24, 2.45) is 0 Å². The predicted molar refractivity (Wildman–Crippen MR) is 89.8 cm³/mol. The van der Waals surface area contributed by atoms with E-state index in [9.17, 15) is 4.79 Å². The van der Waals surface area contributed by atoms with Crippen molar-refractivity contribution in [3.63, 3.8) is 0 Å². The third kappa shape index (κ3) is 4.77. The van der Waals surface area contributed by atoms with E-state index in [1.54, 1.807) is 25.1 Å². The van der Waals surface area contributed by atoms with E-state index in [2.05, 4.69) is 24.2 Å². The topological polar surface area (TPSA) is 41.6 Å². The number of hydrogen-bond donors (Lipinski definition) is 1. The molecule has 0 spiro atoms.